The van der Waals surface area contributed by atoms with Gasteiger partial charge in [0.05, 0.1) is 11.4 Å². The first kappa shape index (κ1) is 21.9. The SMILES string of the molecule is CCCCCCC(CCCCCCCC(O)CC)S(=O)(=O)O. The molecular weight excluding hydrogens is 300 g/mol. The first-order valence-corrected chi connectivity index (χ1v) is 10.6. The molecule has 0 aromatic rings. The maximum Gasteiger partial charge on any atom is 0.267 e. The van der Waals surface area contributed by atoms with Gasteiger partial charge in [-0.05, 0) is 25.7 Å². The first-order valence-electron chi connectivity index (χ1n) is 9.06. The van der Waals surface area contributed by atoms with E-state index in [4.69, 9.17) is 0 Å². The minimum Gasteiger partial charge on any atom is -0.393 e. The van der Waals surface area contributed by atoms with Crippen LogP contribution in [0.1, 0.15) is 97.3 Å². The molecule has 0 bridgehead atoms. The average molecular weight is 337 g/mol. The van der Waals surface area contributed by atoms with Gasteiger partial charge in [-0.1, -0.05) is 71.6 Å². The Hall–Kier alpha value is -0.130. The molecule has 0 amide bonds. The number of rotatable bonds is 15. The summed E-state index contributed by atoms with van der Waals surface area (Å²) in [6, 6.07) is 0. The van der Waals surface area contributed by atoms with Crippen LogP contribution in [-0.4, -0.2) is 29.4 Å². The monoisotopic (exact) mass is 336 g/mol. The van der Waals surface area contributed by atoms with Crippen LogP contribution in [0, 0.1) is 0 Å². The molecule has 2 unspecified atom stereocenters. The van der Waals surface area contributed by atoms with Crippen LogP contribution >= 0.6 is 0 Å². The van der Waals surface area contributed by atoms with E-state index in [0.29, 0.717) is 12.8 Å². The molecule has 0 aromatic heterocycles. The van der Waals surface area contributed by atoms with E-state index in [9.17, 15) is 18.1 Å². The Kier molecular flexibility index (Phi) is 13.2. The minimum atomic E-state index is -3.90. The first-order chi connectivity index (χ1) is 10.4. The Morgan fingerprint density at radius 2 is 1.23 bits per heavy atom. The van der Waals surface area contributed by atoms with Crippen molar-refractivity contribution in [2.24, 2.45) is 0 Å². The van der Waals surface area contributed by atoms with E-state index in [1.165, 1.54) is 0 Å². The molecule has 5 heteroatoms. The number of unbranched alkanes of at least 4 members (excludes halogenated alkanes) is 7. The van der Waals surface area contributed by atoms with Gasteiger partial charge >= 0.3 is 0 Å². The predicted octanol–water partition coefficient (Wildman–Crippen LogP) is 4.71. The molecule has 0 radical (unpaired) electrons. The van der Waals surface area contributed by atoms with Crippen molar-refractivity contribution in [3.05, 3.63) is 0 Å². The van der Waals surface area contributed by atoms with E-state index >= 15 is 0 Å². The zero-order chi connectivity index (χ0) is 16.8. The molecule has 0 heterocycles. The molecule has 0 rings (SSSR count). The van der Waals surface area contributed by atoms with E-state index < -0.39 is 15.4 Å². The smallest absolute Gasteiger partial charge is 0.267 e. The van der Waals surface area contributed by atoms with Crippen molar-refractivity contribution in [2.45, 2.75) is 109 Å². The van der Waals surface area contributed by atoms with Crippen molar-refractivity contribution in [3.8, 4) is 0 Å². The molecule has 4 nitrogen and oxygen atoms in total. The van der Waals surface area contributed by atoms with Gasteiger partial charge in [0.1, 0.15) is 0 Å². The fourth-order valence-electron chi connectivity index (χ4n) is 2.73. The lowest BCUT2D eigenvalue weighted by Gasteiger charge is -2.13. The summed E-state index contributed by atoms with van der Waals surface area (Å²) in [5.74, 6) is 0. The Bertz CT molecular complexity index is 341. The van der Waals surface area contributed by atoms with E-state index in [1.807, 2.05) is 6.92 Å². The molecule has 2 atom stereocenters. The fourth-order valence-corrected chi connectivity index (χ4v) is 3.66. The highest BCUT2D eigenvalue weighted by atomic mass is 32.2. The summed E-state index contributed by atoms with van der Waals surface area (Å²) in [4.78, 5) is 0. The van der Waals surface area contributed by atoms with Crippen molar-refractivity contribution in [3.63, 3.8) is 0 Å². The highest BCUT2D eigenvalue weighted by molar-refractivity contribution is 7.86. The van der Waals surface area contributed by atoms with Crippen LogP contribution < -0.4 is 0 Å². The van der Waals surface area contributed by atoms with Gasteiger partial charge in [-0.15, -0.1) is 0 Å². The maximum absolute atomic E-state index is 11.4. The fraction of sp³-hybridized carbons (Fsp3) is 1.00. The Morgan fingerprint density at radius 1 is 0.773 bits per heavy atom. The predicted molar refractivity (Wildman–Crippen MR) is 92.7 cm³/mol. The van der Waals surface area contributed by atoms with Crippen molar-refractivity contribution in [1.82, 2.24) is 0 Å². The molecule has 0 spiro atoms. The molecule has 2 N–H and O–H groups in total. The number of hydrogen-bond acceptors (Lipinski definition) is 3. The Balaban J connectivity index is 3.76. The molecule has 0 saturated carbocycles. The molecule has 0 saturated heterocycles. The van der Waals surface area contributed by atoms with Gasteiger partial charge in [-0.3, -0.25) is 4.55 Å². The summed E-state index contributed by atoms with van der Waals surface area (Å²) in [5, 5.41) is 8.87. The molecule has 0 aromatic carbocycles. The molecular formula is C17H36O4S. The van der Waals surface area contributed by atoms with Gasteiger partial charge in [-0.2, -0.15) is 8.42 Å². The van der Waals surface area contributed by atoms with Crippen LogP contribution in [-0.2, 0) is 10.1 Å². The number of aliphatic hydroxyl groups is 1. The topological polar surface area (TPSA) is 74.6 Å². The van der Waals surface area contributed by atoms with Crippen molar-refractivity contribution >= 4 is 10.1 Å². The van der Waals surface area contributed by atoms with Crippen LogP contribution in [0.15, 0.2) is 0 Å². The zero-order valence-corrected chi connectivity index (χ0v) is 15.3. The highest BCUT2D eigenvalue weighted by Crippen LogP contribution is 2.19. The van der Waals surface area contributed by atoms with Crippen molar-refractivity contribution in [1.29, 1.82) is 0 Å². The summed E-state index contributed by atoms with van der Waals surface area (Å²) >= 11 is 0. The third kappa shape index (κ3) is 12.4. The zero-order valence-electron chi connectivity index (χ0n) is 14.5. The second kappa shape index (κ2) is 13.3. The summed E-state index contributed by atoms with van der Waals surface area (Å²) in [6.07, 6.45) is 11.9. The van der Waals surface area contributed by atoms with E-state index in [1.54, 1.807) is 0 Å². The molecule has 0 aliphatic heterocycles. The third-order valence-electron chi connectivity index (χ3n) is 4.34. The van der Waals surface area contributed by atoms with Gasteiger partial charge in [-0.25, -0.2) is 0 Å². The van der Waals surface area contributed by atoms with Crippen LogP contribution in [0.3, 0.4) is 0 Å². The van der Waals surface area contributed by atoms with Crippen LogP contribution in [0.4, 0.5) is 0 Å². The van der Waals surface area contributed by atoms with E-state index in [2.05, 4.69) is 6.92 Å². The summed E-state index contributed by atoms with van der Waals surface area (Å²) in [5.41, 5.74) is 0. The van der Waals surface area contributed by atoms with Gasteiger partial charge in [0, 0.05) is 0 Å². The molecule has 134 valence electrons. The second-order valence-corrected chi connectivity index (χ2v) is 8.09. The van der Waals surface area contributed by atoms with Crippen LogP contribution in [0.5, 0.6) is 0 Å². The van der Waals surface area contributed by atoms with Gasteiger partial charge < -0.3 is 5.11 Å². The highest BCUT2D eigenvalue weighted by Gasteiger charge is 2.21. The Morgan fingerprint density at radius 3 is 1.68 bits per heavy atom. The summed E-state index contributed by atoms with van der Waals surface area (Å²) < 4.78 is 32.1. The molecule has 0 aliphatic rings. The second-order valence-electron chi connectivity index (χ2n) is 6.39. The molecule has 0 fully saturated rings. The quantitative estimate of drug-likeness (QED) is 0.335. The largest absolute Gasteiger partial charge is 0.393 e. The lowest BCUT2D eigenvalue weighted by molar-refractivity contribution is 0.156. The van der Waals surface area contributed by atoms with Crippen molar-refractivity contribution < 1.29 is 18.1 Å². The maximum atomic E-state index is 11.4. The number of hydrogen-bond donors (Lipinski definition) is 2. The average Bonchev–Trinajstić information content (AvgIpc) is 2.46. The molecule has 22 heavy (non-hydrogen) atoms. The third-order valence-corrected chi connectivity index (χ3v) is 5.65. The summed E-state index contributed by atoms with van der Waals surface area (Å²) in [6.45, 7) is 4.11. The van der Waals surface area contributed by atoms with Gasteiger partial charge in [0.25, 0.3) is 10.1 Å². The molecule has 0 aliphatic carbocycles. The standard InChI is InChI=1S/C17H36O4S/c1-3-5-6-11-14-17(22(19,20)21)15-12-9-7-8-10-13-16(18)4-2/h16-18H,3-15H2,1-2H3,(H,19,20,21). The lowest BCUT2D eigenvalue weighted by atomic mass is 10.0. The lowest BCUT2D eigenvalue weighted by Crippen LogP contribution is -2.20. The number of aliphatic hydroxyl groups excluding tert-OH is 1. The van der Waals surface area contributed by atoms with Gasteiger partial charge in [0.15, 0.2) is 0 Å². The van der Waals surface area contributed by atoms with E-state index in [0.717, 1.165) is 70.6 Å². The Labute approximate surface area is 137 Å². The van der Waals surface area contributed by atoms with Gasteiger partial charge in [0.2, 0.25) is 0 Å². The van der Waals surface area contributed by atoms with E-state index in [-0.39, 0.29) is 6.10 Å². The van der Waals surface area contributed by atoms with Crippen molar-refractivity contribution in [2.75, 3.05) is 0 Å². The van der Waals surface area contributed by atoms with Crippen LogP contribution in [0.2, 0.25) is 0 Å². The summed E-state index contributed by atoms with van der Waals surface area (Å²) in [7, 11) is -3.90. The normalized spacial score (nSPS) is 14.9. The minimum absolute atomic E-state index is 0.174. The van der Waals surface area contributed by atoms with Crippen LogP contribution in [0.25, 0.3) is 0 Å².